The van der Waals surface area contributed by atoms with Gasteiger partial charge >= 0.3 is 0 Å². The van der Waals surface area contributed by atoms with Gasteiger partial charge in [0.1, 0.15) is 5.75 Å². The topological polar surface area (TPSA) is 38.3 Å². The number of carbonyl (C=O) groups excluding carboxylic acids is 1. The Kier molecular flexibility index (Phi) is 6.04. The fourth-order valence-electron chi connectivity index (χ4n) is 1.86. The third-order valence-corrected chi connectivity index (χ3v) is 3.25. The zero-order valence-electron chi connectivity index (χ0n) is 12.4. The van der Waals surface area contributed by atoms with Gasteiger partial charge in [-0.25, -0.2) is 0 Å². The van der Waals surface area contributed by atoms with Crippen LogP contribution in [0.25, 0.3) is 6.08 Å². The zero-order valence-corrected chi connectivity index (χ0v) is 13.1. The van der Waals surface area contributed by atoms with Crippen molar-refractivity contribution in [2.75, 3.05) is 6.61 Å². The molecular weight excluding hydrogens is 298 g/mol. The predicted molar refractivity (Wildman–Crippen MR) is 89.9 cm³/mol. The molecule has 114 valence electrons. The van der Waals surface area contributed by atoms with Crippen molar-refractivity contribution in [1.82, 2.24) is 5.32 Å². The highest BCUT2D eigenvalue weighted by molar-refractivity contribution is 6.30. The monoisotopic (exact) mass is 315 g/mol. The molecule has 0 radical (unpaired) electrons. The van der Waals surface area contributed by atoms with Crippen LogP contribution >= 0.6 is 11.6 Å². The Labute approximate surface area is 135 Å². The van der Waals surface area contributed by atoms with Crippen molar-refractivity contribution in [3.63, 3.8) is 0 Å². The lowest BCUT2D eigenvalue weighted by Gasteiger charge is -2.03. The van der Waals surface area contributed by atoms with Gasteiger partial charge in [0.15, 0.2) is 0 Å². The minimum atomic E-state index is -0.135. The van der Waals surface area contributed by atoms with Gasteiger partial charge in [-0.2, -0.15) is 0 Å². The summed E-state index contributed by atoms with van der Waals surface area (Å²) >= 11 is 5.82. The maximum absolute atomic E-state index is 11.8. The van der Waals surface area contributed by atoms with Gasteiger partial charge in [-0.05, 0) is 48.4 Å². The van der Waals surface area contributed by atoms with E-state index in [1.165, 1.54) is 6.08 Å². The Morgan fingerprint density at radius 3 is 2.45 bits per heavy atom. The van der Waals surface area contributed by atoms with Crippen LogP contribution < -0.4 is 10.1 Å². The third-order valence-electron chi connectivity index (χ3n) is 3.00. The molecule has 0 aliphatic carbocycles. The first-order valence-electron chi connectivity index (χ1n) is 7.10. The van der Waals surface area contributed by atoms with E-state index in [-0.39, 0.29) is 5.91 Å². The number of amides is 1. The SMILES string of the molecule is CCOc1ccc(/C=C\C(=O)NCc2ccc(Cl)cc2)cc1. The standard InChI is InChI=1S/C18H18ClNO2/c1-2-22-17-10-5-14(6-11-17)7-12-18(21)20-13-15-3-8-16(19)9-4-15/h3-12H,2,13H2,1H3,(H,20,21)/b12-7-. The first-order valence-corrected chi connectivity index (χ1v) is 7.48. The summed E-state index contributed by atoms with van der Waals surface area (Å²) in [5.41, 5.74) is 1.96. The second kappa shape index (κ2) is 8.25. The number of nitrogens with one attached hydrogen (secondary N) is 1. The van der Waals surface area contributed by atoms with Gasteiger partial charge in [-0.1, -0.05) is 35.9 Å². The molecule has 0 spiro atoms. The van der Waals surface area contributed by atoms with E-state index in [0.717, 1.165) is 16.9 Å². The van der Waals surface area contributed by atoms with E-state index >= 15 is 0 Å². The molecule has 1 amide bonds. The molecule has 0 aromatic heterocycles. The summed E-state index contributed by atoms with van der Waals surface area (Å²) in [7, 11) is 0. The molecule has 3 nitrogen and oxygen atoms in total. The number of hydrogen-bond acceptors (Lipinski definition) is 2. The average molecular weight is 316 g/mol. The summed E-state index contributed by atoms with van der Waals surface area (Å²) in [6, 6.07) is 15.0. The molecule has 4 heteroatoms. The lowest BCUT2D eigenvalue weighted by molar-refractivity contribution is -0.116. The smallest absolute Gasteiger partial charge is 0.244 e. The maximum Gasteiger partial charge on any atom is 0.244 e. The van der Waals surface area contributed by atoms with Gasteiger partial charge in [-0.15, -0.1) is 0 Å². The summed E-state index contributed by atoms with van der Waals surface area (Å²) in [5, 5.41) is 3.51. The first kappa shape index (κ1) is 16.1. The van der Waals surface area contributed by atoms with Crippen molar-refractivity contribution in [2.24, 2.45) is 0 Å². The predicted octanol–water partition coefficient (Wildman–Crippen LogP) is 4.07. The fraction of sp³-hybridized carbons (Fsp3) is 0.167. The normalized spacial score (nSPS) is 10.6. The second-order valence-electron chi connectivity index (χ2n) is 4.68. The van der Waals surface area contributed by atoms with E-state index in [9.17, 15) is 4.79 Å². The van der Waals surface area contributed by atoms with Crippen LogP contribution in [0.2, 0.25) is 5.02 Å². The van der Waals surface area contributed by atoms with E-state index in [1.807, 2.05) is 43.3 Å². The molecule has 2 aromatic carbocycles. The van der Waals surface area contributed by atoms with Crippen LogP contribution in [0, 0.1) is 0 Å². The molecule has 0 heterocycles. The summed E-state index contributed by atoms with van der Waals surface area (Å²) in [6.45, 7) is 3.06. The summed E-state index contributed by atoms with van der Waals surface area (Å²) in [6.07, 6.45) is 3.29. The van der Waals surface area contributed by atoms with Crippen molar-refractivity contribution in [3.05, 3.63) is 70.8 Å². The van der Waals surface area contributed by atoms with Gasteiger partial charge in [0.05, 0.1) is 6.61 Å². The quantitative estimate of drug-likeness (QED) is 0.816. The summed E-state index contributed by atoms with van der Waals surface area (Å²) in [4.78, 5) is 11.8. The van der Waals surface area contributed by atoms with Crippen molar-refractivity contribution in [3.8, 4) is 5.75 Å². The van der Waals surface area contributed by atoms with E-state index in [4.69, 9.17) is 16.3 Å². The highest BCUT2D eigenvalue weighted by Crippen LogP contribution is 2.13. The van der Waals surface area contributed by atoms with E-state index in [0.29, 0.717) is 18.2 Å². The molecule has 22 heavy (non-hydrogen) atoms. The molecular formula is C18H18ClNO2. The van der Waals surface area contributed by atoms with Crippen LogP contribution in [0.4, 0.5) is 0 Å². The van der Waals surface area contributed by atoms with Gasteiger partial charge in [0.25, 0.3) is 0 Å². The van der Waals surface area contributed by atoms with Crippen molar-refractivity contribution in [1.29, 1.82) is 0 Å². The summed E-state index contributed by atoms with van der Waals surface area (Å²) in [5.74, 6) is 0.690. The minimum Gasteiger partial charge on any atom is -0.494 e. The van der Waals surface area contributed by atoms with Gasteiger partial charge in [0.2, 0.25) is 5.91 Å². The molecule has 2 aromatic rings. The van der Waals surface area contributed by atoms with Crippen LogP contribution in [0.15, 0.2) is 54.6 Å². The number of ether oxygens (including phenoxy) is 1. The molecule has 0 unspecified atom stereocenters. The molecule has 2 rings (SSSR count). The van der Waals surface area contributed by atoms with E-state index in [2.05, 4.69) is 5.32 Å². The third kappa shape index (κ3) is 5.26. The lowest BCUT2D eigenvalue weighted by atomic mass is 10.2. The van der Waals surface area contributed by atoms with Crippen LogP contribution in [0.1, 0.15) is 18.1 Å². The van der Waals surface area contributed by atoms with E-state index < -0.39 is 0 Å². The molecule has 0 fully saturated rings. The Balaban J connectivity index is 1.84. The van der Waals surface area contributed by atoms with Crippen molar-refractivity contribution >= 4 is 23.6 Å². The number of hydrogen-bond donors (Lipinski definition) is 1. The zero-order chi connectivity index (χ0) is 15.8. The largest absolute Gasteiger partial charge is 0.494 e. The van der Waals surface area contributed by atoms with Crippen LogP contribution in [-0.2, 0) is 11.3 Å². The highest BCUT2D eigenvalue weighted by atomic mass is 35.5. The van der Waals surface area contributed by atoms with Crippen LogP contribution in [-0.4, -0.2) is 12.5 Å². The molecule has 0 atom stereocenters. The molecule has 0 saturated carbocycles. The van der Waals surface area contributed by atoms with Crippen molar-refractivity contribution < 1.29 is 9.53 Å². The highest BCUT2D eigenvalue weighted by Gasteiger charge is 1.98. The lowest BCUT2D eigenvalue weighted by Crippen LogP contribution is -2.20. The molecule has 0 aliphatic rings. The summed E-state index contributed by atoms with van der Waals surface area (Å²) < 4.78 is 5.37. The maximum atomic E-state index is 11.8. The minimum absolute atomic E-state index is 0.135. The van der Waals surface area contributed by atoms with Crippen LogP contribution in [0.3, 0.4) is 0 Å². The Morgan fingerprint density at radius 2 is 1.82 bits per heavy atom. The molecule has 0 bridgehead atoms. The average Bonchev–Trinajstić information content (AvgIpc) is 2.54. The molecule has 1 N–H and O–H groups in total. The Hall–Kier alpha value is -2.26. The second-order valence-corrected chi connectivity index (χ2v) is 5.12. The number of rotatable bonds is 6. The Bertz CT molecular complexity index is 633. The van der Waals surface area contributed by atoms with Gasteiger partial charge < -0.3 is 10.1 Å². The molecule has 0 saturated heterocycles. The van der Waals surface area contributed by atoms with Gasteiger partial charge in [-0.3, -0.25) is 4.79 Å². The van der Waals surface area contributed by atoms with Crippen molar-refractivity contribution in [2.45, 2.75) is 13.5 Å². The molecule has 0 aliphatic heterocycles. The number of halogens is 1. The number of carbonyl (C=O) groups is 1. The number of benzene rings is 2. The van der Waals surface area contributed by atoms with E-state index in [1.54, 1.807) is 18.2 Å². The Morgan fingerprint density at radius 1 is 1.14 bits per heavy atom. The fourth-order valence-corrected chi connectivity index (χ4v) is 1.99. The van der Waals surface area contributed by atoms with Gasteiger partial charge in [0, 0.05) is 17.6 Å². The first-order chi connectivity index (χ1) is 10.7. The van der Waals surface area contributed by atoms with Crippen LogP contribution in [0.5, 0.6) is 5.75 Å².